The van der Waals surface area contributed by atoms with E-state index in [1.54, 1.807) is 19.2 Å². The van der Waals surface area contributed by atoms with Crippen molar-refractivity contribution in [3.8, 4) is 0 Å². The Balaban J connectivity index is 2.84. The van der Waals surface area contributed by atoms with Gasteiger partial charge >= 0.3 is 0 Å². The van der Waals surface area contributed by atoms with Crippen LogP contribution >= 0.6 is 15.9 Å². The summed E-state index contributed by atoms with van der Waals surface area (Å²) in [5.74, 6) is 4.84. The molecule has 0 bridgehead atoms. The van der Waals surface area contributed by atoms with E-state index in [0.717, 1.165) is 23.1 Å². The zero-order valence-corrected chi connectivity index (χ0v) is 13.7. The van der Waals surface area contributed by atoms with Crippen LogP contribution in [-0.4, -0.2) is 37.1 Å². The van der Waals surface area contributed by atoms with E-state index < -0.39 is 0 Å². The van der Waals surface area contributed by atoms with Crippen molar-refractivity contribution in [2.45, 2.75) is 26.4 Å². The number of carbonyl (C=O) groups is 1. The quantitative estimate of drug-likeness (QED) is 0.450. The summed E-state index contributed by atoms with van der Waals surface area (Å²) < 4.78 is 6.10. The van der Waals surface area contributed by atoms with E-state index >= 15 is 0 Å². The Morgan fingerprint density at radius 3 is 2.75 bits per heavy atom. The number of hydrogen-bond donors (Lipinski definition) is 2. The van der Waals surface area contributed by atoms with Gasteiger partial charge in [-0.3, -0.25) is 15.1 Å². The van der Waals surface area contributed by atoms with Gasteiger partial charge in [0.1, 0.15) is 0 Å². The molecule has 6 heteroatoms. The molecular formula is C14H22BrN3O2. The molecule has 0 spiro atoms. The number of nitrogens with two attached hydrogens (primary N) is 1. The maximum atomic E-state index is 11.5. The molecule has 1 rings (SSSR count). The van der Waals surface area contributed by atoms with Crippen LogP contribution in [0, 0.1) is 0 Å². The molecule has 0 saturated heterocycles. The van der Waals surface area contributed by atoms with Crippen molar-refractivity contribution < 1.29 is 9.53 Å². The Morgan fingerprint density at radius 1 is 1.55 bits per heavy atom. The molecule has 0 saturated carbocycles. The number of amides is 1. The van der Waals surface area contributed by atoms with Crippen molar-refractivity contribution in [2.75, 3.05) is 20.3 Å². The summed E-state index contributed by atoms with van der Waals surface area (Å²) >= 11 is 3.51. The van der Waals surface area contributed by atoms with Gasteiger partial charge < -0.3 is 4.74 Å². The molecule has 1 unspecified atom stereocenters. The second-order valence-electron chi connectivity index (χ2n) is 4.65. The largest absolute Gasteiger partial charge is 0.383 e. The number of ether oxygens (including phenoxy) is 1. The van der Waals surface area contributed by atoms with Gasteiger partial charge in [-0.05, 0) is 31.2 Å². The molecule has 0 aliphatic heterocycles. The van der Waals surface area contributed by atoms with E-state index in [1.807, 2.05) is 6.07 Å². The van der Waals surface area contributed by atoms with E-state index in [0.29, 0.717) is 18.2 Å². The topological polar surface area (TPSA) is 67.6 Å². The van der Waals surface area contributed by atoms with Crippen molar-refractivity contribution in [1.82, 2.24) is 10.3 Å². The minimum Gasteiger partial charge on any atom is -0.383 e. The van der Waals surface area contributed by atoms with Crippen LogP contribution in [0.4, 0.5) is 0 Å². The first kappa shape index (κ1) is 17.1. The highest BCUT2D eigenvalue weighted by Gasteiger charge is 2.14. The molecule has 20 heavy (non-hydrogen) atoms. The fraction of sp³-hybridized carbons (Fsp3) is 0.500. The Labute approximate surface area is 128 Å². The molecule has 0 aliphatic rings. The lowest BCUT2D eigenvalue weighted by Crippen LogP contribution is -2.35. The summed E-state index contributed by atoms with van der Waals surface area (Å²) in [4.78, 5) is 13.8. The van der Waals surface area contributed by atoms with Crippen LogP contribution in [0.5, 0.6) is 0 Å². The van der Waals surface area contributed by atoms with Crippen LogP contribution in [0.15, 0.2) is 22.7 Å². The molecule has 0 aliphatic carbocycles. The standard InChI is InChI=1S/C14H22BrN3O2/c1-4-18(10(2)9-20-3)8-12-6-5-11(7-13(12)15)14(19)17-16/h5-7,10H,4,8-9,16H2,1-3H3,(H,17,19). The number of nitrogens with one attached hydrogen (secondary N) is 1. The number of hydrogen-bond acceptors (Lipinski definition) is 4. The molecule has 112 valence electrons. The summed E-state index contributed by atoms with van der Waals surface area (Å²) in [5, 5.41) is 0. The molecule has 1 atom stereocenters. The van der Waals surface area contributed by atoms with Crippen LogP contribution in [-0.2, 0) is 11.3 Å². The number of likely N-dealkylation sites (N-methyl/N-ethyl adjacent to an activating group) is 1. The molecule has 0 heterocycles. The van der Waals surface area contributed by atoms with Gasteiger partial charge in [0.2, 0.25) is 0 Å². The van der Waals surface area contributed by atoms with E-state index in [9.17, 15) is 4.79 Å². The first-order valence-electron chi connectivity index (χ1n) is 6.55. The van der Waals surface area contributed by atoms with Crippen LogP contribution in [0.1, 0.15) is 29.8 Å². The van der Waals surface area contributed by atoms with Crippen molar-refractivity contribution in [1.29, 1.82) is 0 Å². The molecule has 1 aromatic rings. The van der Waals surface area contributed by atoms with Crippen LogP contribution in [0.3, 0.4) is 0 Å². The minimum atomic E-state index is -0.294. The van der Waals surface area contributed by atoms with Crippen molar-refractivity contribution >= 4 is 21.8 Å². The van der Waals surface area contributed by atoms with Gasteiger partial charge in [0, 0.05) is 29.7 Å². The van der Waals surface area contributed by atoms with Gasteiger partial charge in [-0.2, -0.15) is 0 Å². The fourth-order valence-electron chi connectivity index (χ4n) is 2.04. The Kier molecular flexibility index (Phi) is 7.15. The van der Waals surface area contributed by atoms with Gasteiger partial charge in [0.15, 0.2) is 0 Å². The monoisotopic (exact) mass is 343 g/mol. The van der Waals surface area contributed by atoms with Crippen LogP contribution in [0.25, 0.3) is 0 Å². The molecule has 5 nitrogen and oxygen atoms in total. The van der Waals surface area contributed by atoms with Crippen molar-refractivity contribution in [3.05, 3.63) is 33.8 Å². The third-order valence-electron chi connectivity index (χ3n) is 3.26. The molecule has 1 aromatic carbocycles. The lowest BCUT2D eigenvalue weighted by molar-refractivity contribution is 0.0953. The summed E-state index contributed by atoms with van der Waals surface area (Å²) in [6, 6.07) is 5.84. The first-order chi connectivity index (χ1) is 9.53. The highest BCUT2D eigenvalue weighted by atomic mass is 79.9. The van der Waals surface area contributed by atoms with Crippen molar-refractivity contribution in [3.63, 3.8) is 0 Å². The number of nitrogen functional groups attached to an aromatic ring is 1. The summed E-state index contributed by atoms with van der Waals surface area (Å²) in [5.41, 5.74) is 3.79. The molecule has 0 radical (unpaired) electrons. The third kappa shape index (κ3) is 4.56. The highest BCUT2D eigenvalue weighted by Crippen LogP contribution is 2.21. The van der Waals surface area contributed by atoms with E-state index in [1.165, 1.54) is 0 Å². The number of hydrazine groups is 1. The zero-order chi connectivity index (χ0) is 15.1. The summed E-state index contributed by atoms with van der Waals surface area (Å²) in [7, 11) is 1.71. The molecule has 3 N–H and O–H groups in total. The molecule has 0 fully saturated rings. The normalized spacial score (nSPS) is 12.5. The molecule has 1 amide bonds. The lowest BCUT2D eigenvalue weighted by Gasteiger charge is -2.27. The second-order valence-corrected chi connectivity index (χ2v) is 5.50. The van der Waals surface area contributed by atoms with Crippen LogP contribution < -0.4 is 11.3 Å². The van der Waals surface area contributed by atoms with E-state index in [-0.39, 0.29) is 5.91 Å². The van der Waals surface area contributed by atoms with Gasteiger partial charge in [-0.25, -0.2) is 5.84 Å². The Hall–Kier alpha value is -0.950. The number of carbonyl (C=O) groups excluding carboxylic acids is 1. The predicted molar refractivity (Wildman–Crippen MR) is 83.2 cm³/mol. The number of methoxy groups -OCH3 is 1. The Bertz CT molecular complexity index is 454. The second kappa shape index (κ2) is 8.36. The van der Waals surface area contributed by atoms with Gasteiger partial charge in [0.05, 0.1) is 6.61 Å². The average Bonchev–Trinajstić information content (AvgIpc) is 2.45. The van der Waals surface area contributed by atoms with Crippen LogP contribution in [0.2, 0.25) is 0 Å². The van der Waals surface area contributed by atoms with Crippen molar-refractivity contribution in [2.24, 2.45) is 5.84 Å². The predicted octanol–water partition coefficient (Wildman–Crippen LogP) is 1.91. The molecule has 0 aromatic heterocycles. The number of benzene rings is 1. The first-order valence-corrected chi connectivity index (χ1v) is 7.35. The Morgan fingerprint density at radius 2 is 2.25 bits per heavy atom. The maximum absolute atomic E-state index is 11.5. The van der Waals surface area contributed by atoms with Gasteiger partial charge in [-0.1, -0.05) is 28.9 Å². The molecular weight excluding hydrogens is 322 g/mol. The highest BCUT2D eigenvalue weighted by molar-refractivity contribution is 9.10. The van der Waals surface area contributed by atoms with Gasteiger partial charge in [0.25, 0.3) is 5.91 Å². The maximum Gasteiger partial charge on any atom is 0.265 e. The number of halogens is 1. The average molecular weight is 344 g/mol. The summed E-state index contributed by atoms with van der Waals surface area (Å²) in [6.45, 7) is 6.68. The van der Waals surface area contributed by atoms with E-state index in [2.05, 4.69) is 40.1 Å². The smallest absolute Gasteiger partial charge is 0.265 e. The fourth-order valence-corrected chi connectivity index (χ4v) is 2.55. The summed E-state index contributed by atoms with van der Waals surface area (Å²) in [6.07, 6.45) is 0. The minimum absolute atomic E-state index is 0.294. The SMILES string of the molecule is CCN(Cc1ccc(C(=O)NN)cc1Br)C(C)COC. The van der Waals surface area contributed by atoms with E-state index in [4.69, 9.17) is 10.6 Å². The number of nitrogens with zero attached hydrogens (tertiary/aromatic N) is 1. The lowest BCUT2D eigenvalue weighted by atomic mass is 10.1. The zero-order valence-electron chi connectivity index (χ0n) is 12.1. The van der Waals surface area contributed by atoms with Gasteiger partial charge in [-0.15, -0.1) is 0 Å². The third-order valence-corrected chi connectivity index (χ3v) is 4.00. The number of rotatable bonds is 7.